The van der Waals surface area contributed by atoms with Gasteiger partial charge in [0.15, 0.2) is 11.5 Å². The predicted octanol–water partition coefficient (Wildman–Crippen LogP) is 4.18. The van der Waals surface area contributed by atoms with E-state index in [1.54, 1.807) is 4.90 Å². The lowest BCUT2D eigenvalue weighted by molar-refractivity contribution is -0.136. The van der Waals surface area contributed by atoms with Gasteiger partial charge in [-0.05, 0) is 61.6 Å². The summed E-state index contributed by atoms with van der Waals surface area (Å²) in [5, 5.41) is 0. The van der Waals surface area contributed by atoms with E-state index >= 15 is 0 Å². The number of likely N-dealkylation sites (tertiary alicyclic amines) is 1. The number of aryl methyl sites for hydroxylation is 1. The Labute approximate surface area is 189 Å². The first-order chi connectivity index (χ1) is 15.5. The largest absolute Gasteiger partial charge is 0.490 e. The SMILES string of the molecule is Cc1cccc(N2C[C@H](C(=O)N3CCC[C@H]3c3ccc4c(c3)OCCCO4)CC2=O)c1C. The average Bonchev–Trinajstić information content (AvgIpc) is 3.36. The second kappa shape index (κ2) is 8.49. The number of ether oxygens (including phenoxy) is 2. The number of amides is 2. The van der Waals surface area contributed by atoms with Crippen molar-refractivity contribution in [1.29, 1.82) is 0 Å². The minimum absolute atomic E-state index is 0.0181. The van der Waals surface area contributed by atoms with Crippen LogP contribution in [0.1, 0.15) is 48.4 Å². The van der Waals surface area contributed by atoms with Crippen molar-refractivity contribution in [3.8, 4) is 11.5 Å². The molecule has 0 spiro atoms. The lowest BCUT2D eigenvalue weighted by Gasteiger charge is -2.28. The second-order valence-electron chi connectivity index (χ2n) is 9.07. The molecule has 0 bridgehead atoms. The number of hydrogen-bond acceptors (Lipinski definition) is 4. The van der Waals surface area contributed by atoms with Gasteiger partial charge in [0.05, 0.1) is 25.2 Å². The van der Waals surface area contributed by atoms with Gasteiger partial charge in [0, 0.05) is 31.6 Å². The minimum Gasteiger partial charge on any atom is -0.490 e. The molecule has 3 heterocycles. The van der Waals surface area contributed by atoms with E-state index in [4.69, 9.17) is 9.47 Å². The maximum absolute atomic E-state index is 13.5. The van der Waals surface area contributed by atoms with Gasteiger partial charge in [-0.3, -0.25) is 9.59 Å². The second-order valence-corrected chi connectivity index (χ2v) is 9.07. The van der Waals surface area contributed by atoms with E-state index in [2.05, 4.69) is 0 Å². The van der Waals surface area contributed by atoms with Gasteiger partial charge in [0.1, 0.15) is 0 Å². The van der Waals surface area contributed by atoms with Crippen molar-refractivity contribution < 1.29 is 19.1 Å². The van der Waals surface area contributed by atoms with E-state index in [0.29, 0.717) is 19.8 Å². The zero-order chi connectivity index (χ0) is 22.2. The first-order valence-electron chi connectivity index (χ1n) is 11.6. The molecule has 0 unspecified atom stereocenters. The fourth-order valence-corrected chi connectivity index (χ4v) is 5.13. The molecule has 0 saturated carbocycles. The fourth-order valence-electron chi connectivity index (χ4n) is 5.13. The Hall–Kier alpha value is -3.02. The minimum atomic E-state index is -0.302. The molecule has 2 atom stereocenters. The van der Waals surface area contributed by atoms with Crippen molar-refractivity contribution in [3.05, 3.63) is 53.1 Å². The molecule has 32 heavy (non-hydrogen) atoms. The number of benzene rings is 2. The van der Waals surface area contributed by atoms with E-state index in [1.807, 2.05) is 55.1 Å². The average molecular weight is 435 g/mol. The summed E-state index contributed by atoms with van der Waals surface area (Å²) in [5.41, 5.74) is 4.25. The molecule has 2 aromatic carbocycles. The number of nitrogens with zero attached hydrogens (tertiary/aromatic N) is 2. The summed E-state index contributed by atoms with van der Waals surface area (Å²) < 4.78 is 11.6. The highest BCUT2D eigenvalue weighted by Gasteiger charge is 2.41. The standard InChI is InChI=1S/C26H30N2O4/c1-17-6-3-7-21(18(17)2)28-16-20(15-25(28)29)26(30)27-11-4-8-22(27)19-9-10-23-24(14-19)32-13-5-12-31-23/h3,6-7,9-10,14,20,22H,4-5,8,11-13,15-16H2,1-2H3/t20-,22+/m1/s1. The van der Waals surface area contributed by atoms with Crippen LogP contribution in [0, 0.1) is 19.8 Å². The van der Waals surface area contributed by atoms with Gasteiger partial charge in [0.2, 0.25) is 11.8 Å². The maximum Gasteiger partial charge on any atom is 0.228 e. The summed E-state index contributed by atoms with van der Waals surface area (Å²) in [4.78, 5) is 30.1. The summed E-state index contributed by atoms with van der Waals surface area (Å²) >= 11 is 0. The molecule has 0 aliphatic carbocycles. The van der Waals surface area contributed by atoms with Gasteiger partial charge in [-0.2, -0.15) is 0 Å². The number of anilines is 1. The number of carbonyl (C=O) groups is 2. The smallest absolute Gasteiger partial charge is 0.228 e. The topological polar surface area (TPSA) is 59.1 Å². The number of rotatable bonds is 3. The van der Waals surface area contributed by atoms with E-state index < -0.39 is 0 Å². The number of carbonyl (C=O) groups excluding carboxylic acids is 2. The fraction of sp³-hybridized carbons (Fsp3) is 0.462. The quantitative estimate of drug-likeness (QED) is 0.727. The highest BCUT2D eigenvalue weighted by molar-refractivity contribution is 6.01. The van der Waals surface area contributed by atoms with Crippen molar-refractivity contribution in [2.75, 3.05) is 31.2 Å². The predicted molar refractivity (Wildman–Crippen MR) is 122 cm³/mol. The molecular formula is C26H30N2O4. The lowest BCUT2D eigenvalue weighted by atomic mass is 10.0. The van der Waals surface area contributed by atoms with Crippen LogP contribution < -0.4 is 14.4 Å². The summed E-state index contributed by atoms with van der Waals surface area (Å²) in [6.07, 6.45) is 3.03. The van der Waals surface area contributed by atoms with Crippen molar-refractivity contribution in [2.45, 2.75) is 45.6 Å². The van der Waals surface area contributed by atoms with E-state index in [-0.39, 0.29) is 30.2 Å². The van der Waals surface area contributed by atoms with Crippen LogP contribution in [0.2, 0.25) is 0 Å². The normalized spacial score (nSPS) is 22.9. The molecule has 2 fully saturated rings. The molecule has 5 rings (SSSR count). The Morgan fingerprint density at radius 3 is 2.69 bits per heavy atom. The molecule has 168 valence electrons. The van der Waals surface area contributed by atoms with Gasteiger partial charge in [-0.15, -0.1) is 0 Å². The van der Waals surface area contributed by atoms with Crippen molar-refractivity contribution in [3.63, 3.8) is 0 Å². The van der Waals surface area contributed by atoms with Crippen molar-refractivity contribution >= 4 is 17.5 Å². The van der Waals surface area contributed by atoms with E-state index in [9.17, 15) is 9.59 Å². The molecule has 0 N–H and O–H groups in total. The van der Waals surface area contributed by atoms with Gasteiger partial charge < -0.3 is 19.3 Å². The zero-order valence-electron chi connectivity index (χ0n) is 18.8. The molecule has 2 amide bonds. The molecule has 3 aliphatic rings. The molecule has 0 radical (unpaired) electrons. The van der Waals surface area contributed by atoms with Crippen LogP contribution in [0.5, 0.6) is 11.5 Å². The van der Waals surface area contributed by atoms with Gasteiger partial charge in [-0.25, -0.2) is 0 Å². The monoisotopic (exact) mass is 434 g/mol. The molecule has 3 aliphatic heterocycles. The van der Waals surface area contributed by atoms with Crippen LogP contribution in [-0.2, 0) is 9.59 Å². The number of fused-ring (bicyclic) bond motifs is 1. The first-order valence-corrected chi connectivity index (χ1v) is 11.6. The van der Waals surface area contributed by atoms with Crippen LogP contribution in [-0.4, -0.2) is 43.0 Å². The van der Waals surface area contributed by atoms with Crippen LogP contribution in [0.4, 0.5) is 5.69 Å². The third-order valence-corrected chi connectivity index (χ3v) is 7.03. The third-order valence-electron chi connectivity index (χ3n) is 7.03. The molecule has 6 nitrogen and oxygen atoms in total. The highest BCUT2D eigenvalue weighted by Crippen LogP contribution is 2.39. The summed E-state index contributed by atoms with van der Waals surface area (Å²) in [7, 11) is 0. The maximum atomic E-state index is 13.5. The molecule has 2 saturated heterocycles. The van der Waals surface area contributed by atoms with Crippen molar-refractivity contribution in [1.82, 2.24) is 4.90 Å². The Balaban J connectivity index is 1.35. The lowest BCUT2D eigenvalue weighted by Crippen LogP contribution is -2.37. The molecule has 0 aromatic heterocycles. The number of hydrogen-bond donors (Lipinski definition) is 0. The van der Waals surface area contributed by atoms with Crippen LogP contribution in [0.25, 0.3) is 0 Å². The Morgan fingerprint density at radius 1 is 1.03 bits per heavy atom. The van der Waals surface area contributed by atoms with Crippen molar-refractivity contribution in [2.24, 2.45) is 5.92 Å². The van der Waals surface area contributed by atoms with Crippen LogP contribution >= 0.6 is 0 Å². The summed E-state index contributed by atoms with van der Waals surface area (Å²) in [5.74, 6) is 1.34. The zero-order valence-corrected chi connectivity index (χ0v) is 18.8. The van der Waals surface area contributed by atoms with Crippen LogP contribution in [0.15, 0.2) is 36.4 Å². The first kappa shape index (κ1) is 20.9. The van der Waals surface area contributed by atoms with E-state index in [0.717, 1.165) is 59.7 Å². The summed E-state index contributed by atoms with van der Waals surface area (Å²) in [6.45, 7) is 6.56. The Morgan fingerprint density at radius 2 is 1.84 bits per heavy atom. The van der Waals surface area contributed by atoms with Crippen LogP contribution in [0.3, 0.4) is 0 Å². The Bertz CT molecular complexity index is 1050. The van der Waals surface area contributed by atoms with Gasteiger partial charge >= 0.3 is 0 Å². The van der Waals surface area contributed by atoms with Gasteiger partial charge in [0.25, 0.3) is 0 Å². The van der Waals surface area contributed by atoms with Gasteiger partial charge in [-0.1, -0.05) is 18.2 Å². The molecular weight excluding hydrogens is 404 g/mol. The highest BCUT2D eigenvalue weighted by atomic mass is 16.5. The summed E-state index contributed by atoms with van der Waals surface area (Å²) in [6, 6.07) is 12.0. The third kappa shape index (κ3) is 3.72. The molecule has 6 heteroatoms. The molecule has 2 aromatic rings. The van der Waals surface area contributed by atoms with E-state index in [1.165, 1.54) is 0 Å². The Kier molecular flexibility index (Phi) is 5.53.